The van der Waals surface area contributed by atoms with Crippen molar-refractivity contribution in [3.8, 4) is 0 Å². The van der Waals surface area contributed by atoms with Crippen LogP contribution in [0.1, 0.15) is 36.0 Å². The van der Waals surface area contributed by atoms with E-state index in [0.717, 1.165) is 25.7 Å². The number of pyridine rings is 1. The molecule has 1 amide bonds. The van der Waals surface area contributed by atoms with Gasteiger partial charge in [-0.15, -0.1) is 0 Å². The van der Waals surface area contributed by atoms with Crippen LogP contribution in [0.2, 0.25) is 0 Å². The van der Waals surface area contributed by atoms with Crippen LogP contribution in [0.4, 0.5) is 0 Å². The number of fused-ring (bicyclic) bond motifs is 1. The highest BCUT2D eigenvalue weighted by molar-refractivity contribution is 7.89. The quantitative estimate of drug-likeness (QED) is 0.814. The summed E-state index contributed by atoms with van der Waals surface area (Å²) in [6.07, 6.45) is 5.13. The maximum absolute atomic E-state index is 13.1. The molecule has 2 fully saturated rings. The average molecular weight is 420 g/mol. The summed E-state index contributed by atoms with van der Waals surface area (Å²) in [7, 11) is -3.68. The van der Waals surface area contributed by atoms with E-state index in [1.54, 1.807) is 11.0 Å². The smallest absolute Gasteiger partial charge is 0.259 e. The number of hydrogen-bond acceptors (Lipinski definition) is 5. The Kier molecular flexibility index (Phi) is 5.71. The van der Waals surface area contributed by atoms with Crippen LogP contribution < -0.4 is 5.43 Å². The van der Waals surface area contributed by atoms with Crippen LogP contribution in [-0.4, -0.2) is 67.9 Å². The van der Waals surface area contributed by atoms with Gasteiger partial charge in [0.15, 0.2) is 0 Å². The third-order valence-electron chi connectivity index (χ3n) is 5.58. The third-order valence-corrected chi connectivity index (χ3v) is 7.48. The molecule has 1 aromatic carbocycles. The number of aromatic amines is 1. The number of hydrogen-bond donors (Lipinski definition) is 1. The lowest BCUT2D eigenvalue weighted by Gasteiger charge is -2.26. The molecule has 8 nitrogen and oxygen atoms in total. The zero-order chi connectivity index (χ0) is 20.4. The number of benzene rings is 1. The predicted molar refractivity (Wildman–Crippen MR) is 109 cm³/mol. The van der Waals surface area contributed by atoms with Crippen molar-refractivity contribution in [2.45, 2.75) is 30.6 Å². The monoisotopic (exact) mass is 419 g/mol. The summed E-state index contributed by atoms with van der Waals surface area (Å²) in [5.74, 6) is -0.364. The van der Waals surface area contributed by atoms with Gasteiger partial charge >= 0.3 is 0 Å². The molecule has 0 spiro atoms. The Morgan fingerprint density at radius 1 is 1.00 bits per heavy atom. The van der Waals surface area contributed by atoms with Gasteiger partial charge in [0, 0.05) is 43.3 Å². The predicted octanol–water partition coefficient (Wildman–Crippen LogP) is 1.57. The molecule has 2 aliphatic rings. The number of carbonyl (C=O) groups is 1. The molecule has 2 aliphatic heterocycles. The standard InChI is InChI=1S/C20H25N3O5S/c24-19-16-13-15(29(26,27)23-7-3-1-2-4-8-23)5-6-18(16)21-14-17(19)20(25)22-9-11-28-12-10-22/h5-6,13-14H,1-4,7-12H2,(H,21,24). The van der Waals surface area contributed by atoms with E-state index in [1.165, 1.54) is 22.6 Å². The van der Waals surface area contributed by atoms with Gasteiger partial charge in [0.05, 0.1) is 18.1 Å². The van der Waals surface area contributed by atoms with E-state index in [1.807, 2.05) is 0 Å². The van der Waals surface area contributed by atoms with Gasteiger partial charge in [-0.05, 0) is 31.0 Å². The largest absolute Gasteiger partial charge is 0.378 e. The molecule has 156 valence electrons. The average Bonchev–Trinajstić information content (AvgIpc) is 3.04. The molecule has 2 saturated heterocycles. The summed E-state index contributed by atoms with van der Waals surface area (Å²) in [4.78, 5) is 30.4. The van der Waals surface area contributed by atoms with Crippen molar-refractivity contribution in [3.63, 3.8) is 0 Å². The Morgan fingerprint density at radius 3 is 2.38 bits per heavy atom. The van der Waals surface area contributed by atoms with Crippen LogP contribution >= 0.6 is 0 Å². The Bertz CT molecular complexity index is 1070. The minimum Gasteiger partial charge on any atom is -0.378 e. The minimum atomic E-state index is -3.68. The van der Waals surface area contributed by atoms with Gasteiger partial charge in [-0.3, -0.25) is 9.59 Å². The van der Waals surface area contributed by atoms with Gasteiger partial charge in [-0.25, -0.2) is 8.42 Å². The van der Waals surface area contributed by atoms with Crippen LogP contribution in [0.25, 0.3) is 10.9 Å². The molecule has 0 aliphatic carbocycles. The van der Waals surface area contributed by atoms with Gasteiger partial charge in [0.1, 0.15) is 5.56 Å². The zero-order valence-corrected chi connectivity index (χ0v) is 17.0. The van der Waals surface area contributed by atoms with Gasteiger partial charge < -0.3 is 14.6 Å². The number of H-pyrrole nitrogens is 1. The molecule has 9 heteroatoms. The third kappa shape index (κ3) is 3.94. The normalized spacial score (nSPS) is 19.2. The van der Waals surface area contributed by atoms with Crippen molar-refractivity contribution >= 4 is 26.8 Å². The molecule has 2 aromatic rings. The van der Waals surface area contributed by atoms with Gasteiger partial charge in [0.2, 0.25) is 15.5 Å². The summed E-state index contributed by atoms with van der Waals surface area (Å²) in [6.45, 7) is 2.73. The first-order valence-electron chi connectivity index (χ1n) is 10.0. The fraction of sp³-hybridized carbons (Fsp3) is 0.500. The molecule has 0 atom stereocenters. The summed E-state index contributed by atoms with van der Waals surface area (Å²) in [5, 5.41) is 0.208. The summed E-state index contributed by atoms with van der Waals surface area (Å²) < 4.78 is 32.9. The van der Waals surface area contributed by atoms with Crippen LogP contribution in [0.15, 0.2) is 34.1 Å². The molecule has 29 heavy (non-hydrogen) atoms. The number of carbonyl (C=O) groups excluding carboxylic acids is 1. The minimum absolute atomic E-state index is 0.0173. The summed E-state index contributed by atoms with van der Waals surface area (Å²) in [6, 6.07) is 4.50. The van der Waals surface area contributed by atoms with Crippen LogP contribution in [-0.2, 0) is 14.8 Å². The topological polar surface area (TPSA) is 99.8 Å². The van der Waals surface area contributed by atoms with Crippen molar-refractivity contribution in [2.24, 2.45) is 0 Å². The van der Waals surface area contributed by atoms with Crippen LogP contribution in [0.5, 0.6) is 0 Å². The first-order chi connectivity index (χ1) is 14.0. The zero-order valence-electron chi connectivity index (χ0n) is 16.2. The van der Waals surface area contributed by atoms with Gasteiger partial charge in [0.25, 0.3) is 5.91 Å². The summed E-state index contributed by atoms with van der Waals surface area (Å²) >= 11 is 0. The van der Waals surface area contributed by atoms with Crippen molar-refractivity contribution in [1.82, 2.24) is 14.2 Å². The van der Waals surface area contributed by atoms with E-state index in [4.69, 9.17) is 4.74 Å². The van der Waals surface area contributed by atoms with E-state index >= 15 is 0 Å². The fourth-order valence-corrected chi connectivity index (χ4v) is 5.43. The molecule has 1 aromatic heterocycles. The maximum atomic E-state index is 13.1. The molecular formula is C20H25N3O5S. The van der Waals surface area contributed by atoms with Crippen LogP contribution in [0.3, 0.4) is 0 Å². The van der Waals surface area contributed by atoms with E-state index in [0.29, 0.717) is 44.9 Å². The fourth-order valence-electron chi connectivity index (χ4n) is 3.88. The second-order valence-corrected chi connectivity index (χ2v) is 9.40. The van der Waals surface area contributed by atoms with Crippen molar-refractivity contribution < 1.29 is 17.9 Å². The Labute approximate surface area is 169 Å². The number of ether oxygens (including phenoxy) is 1. The van der Waals surface area contributed by atoms with Crippen molar-refractivity contribution in [2.75, 3.05) is 39.4 Å². The highest BCUT2D eigenvalue weighted by Crippen LogP contribution is 2.22. The number of sulfonamides is 1. The lowest BCUT2D eigenvalue weighted by Crippen LogP contribution is -2.42. The molecule has 1 N–H and O–H groups in total. The molecule has 4 rings (SSSR count). The second kappa shape index (κ2) is 8.25. The highest BCUT2D eigenvalue weighted by Gasteiger charge is 2.27. The van der Waals surface area contributed by atoms with Crippen LogP contribution in [0, 0.1) is 0 Å². The van der Waals surface area contributed by atoms with Gasteiger partial charge in [-0.1, -0.05) is 12.8 Å². The molecule has 0 saturated carbocycles. The Balaban J connectivity index is 1.72. The van der Waals surface area contributed by atoms with Gasteiger partial charge in [-0.2, -0.15) is 4.31 Å². The Hall–Kier alpha value is -2.23. The van der Waals surface area contributed by atoms with Crippen molar-refractivity contribution in [1.29, 1.82) is 0 Å². The SMILES string of the molecule is O=C(c1c[nH]c2ccc(S(=O)(=O)N3CCCCCC3)cc2c1=O)N1CCOCC1. The number of nitrogens with zero attached hydrogens (tertiary/aromatic N) is 2. The molecule has 0 bridgehead atoms. The van der Waals surface area contributed by atoms with E-state index in [-0.39, 0.29) is 21.8 Å². The Morgan fingerprint density at radius 2 is 1.69 bits per heavy atom. The lowest BCUT2D eigenvalue weighted by atomic mass is 10.1. The molecule has 0 unspecified atom stereocenters. The number of morpholine rings is 1. The second-order valence-electron chi connectivity index (χ2n) is 7.46. The van der Waals surface area contributed by atoms with Crippen molar-refractivity contribution in [3.05, 3.63) is 40.2 Å². The first-order valence-corrected chi connectivity index (χ1v) is 11.4. The van der Waals surface area contributed by atoms with E-state index in [2.05, 4.69) is 4.98 Å². The number of amides is 1. The summed E-state index contributed by atoms with van der Waals surface area (Å²) in [5.41, 5.74) is 0.0650. The number of nitrogens with one attached hydrogen (secondary N) is 1. The van der Waals surface area contributed by atoms with E-state index in [9.17, 15) is 18.0 Å². The molecular weight excluding hydrogens is 394 g/mol. The molecule has 0 radical (unpaired) electrons. The maximum Gasteiger partial charge on any atom is 0.259 e. The lowest BCUT2D eigenvalue weighted by molar-refractivity contribution is 0.0302. The number of aromatic nitrogens is 1. The van der Waals surface area contributed by atoms with E-state index < -0.39 is 15.5 Å². The molecule has 3 heterocycles. The highest BCUT2D eigenvalue weighted by atomic mass is 32.2. The first kappa shape index (κ1) is 20.1. The number of rotatable bonds is 3.